The van der Waals surface area contributed by atoms with Gasteiger partial charge in [-0.05, 0) is 30.3 Å². The molecule has 0 spiro atoms. The average Bonchev–Trinajstić information content (AvgIpc) is 3.13. The zero-order valence-corrected chi connectivity index (χ0v) is 16.6. The zero-order valence-electron chi connectivity index (χ0n) is 14.3. The van der Waals surface area contributed by atoms with Gasteiger partial charge < -0.3 is 15.1 Å². The molecule has 0 saturated carbocycles. The second-order valence-electron chi connectivity index (χ2n) is 5.69. The second-order valence-corrected chi connectivity index (χ2v) is 5.69. The highest BCUT2D eigenvalue weighted by atomic mass is 127. The minimum Gasteiger partial charge on any atom is -0.368 e. The molecule has 2 aromatic rings. The third-order valence-corrected chi connectivity index (χ3v) is 4.17. The molecule has 1 aliphatic heterocycles. The molecule has 1 aromatic carbocycles. The first-order valence-electron chi connectivity index (χ1n) is 8.20. The molecule has 3 rings (SSSR count). The fourth-order valence-corrected chi connectivity index (χ4v) is 2.88. The minimum absolute atomic E-state index is 0. The summed E-state index contributed by atoms with van der Waals surface area (Å²) >= 11 is 0. The van der Waals surface area contributed by atoms with E-state index in [1.54, 1.807) is 6.20 Å². The molecule has 1 fully saturated rings. The highest BCUT2D eigenvalue weighted by molar-refractivity contribution is 14.0. The lowest BCUT2D eigenvalue weighted by molar-refractivity contribution is 0.371. The van der Waals surface area contributed by atoms with Crippen LogP contribution in [-0.2, 0) is 6.54 Å². The number of hydrogen-bond donors (Lipinski definition) is 1. The highest BCUT2D eigenvalue weighted by Crippen LogP contribution is 2.16. The zero-order chi connectivity index (χ0) is 16.8. The molecule has 0 bridgehead atoms. The summed E-state index contributed by atoms with van der Waals surface area (Å²) in [5, 5.41) is 7.58. The molecule has 6 nitrogen and oxygen atoms in total. The smallest absolute Gasteiger partial charge is 0.193 e. The van der Waals surface area contributed by atoms with Gasteiger partial charge in [-0.1, -0.05) is 0 Å². The monoisotopic (exact) mass is 458 g/mol. The van der Waals surface area contributed by atoms with Crippen molar-refractivity contribution in [2.24, 2.45) is 4.99 Å². The van der Waals surface area contributed by atoms with E-state index in [9.17, 15) is 4.39 Å². The number of piperazine rings is 1. The van der Waals surface area contributed by atoms with E-state index in [1.807, 2.05) is 36.1 Å². The Bertz CT molecular complexity index is 650. The van der Waals surface area contributed by atoms with E-state index in [4.69, 9.17) is 0 Å². The minimum atomic E-state index is -0.195. The van der Waals surface area contributed by atoms with Crippen LogP contribution in [0.5, 0.6) is 0 Å². The number of hydrogen-bond acceptors (Lipinski definition) is 3. The Kier molecular flexibility index (Phi) is 7.48. The summed E-state index contributed by atoms with van der Waals surface area (Å²) in [6.45, 7) is 5.16. The van der Waals surface area contributed by atoms with E-state index in [-0.39, 0.29) is 29.8 Å². The van der Waals surface area contributed by atoms with Crippen LogP contribution in [0.2, 0.25) is 0 Å². The first-order valence-corrected chi connectivity index (χ1v) is 8.20. The predicted octanol–water partition coefficient (Wildman–Crippen LogP) is 2.04. The van der Waals surface area contributed by atoms with Crippen LogP contribution in [0.1, 0.15) is 0 Å². The van der Waals surface area contributed by atoms with Gasteiger partial charge in [0.1, 0.15) is 5.82 Å². The molecule has 8 heteroatoms. The molecule has 1 aliphatic rings. The first kappa shape index (κ1) is 19.5. The van der Waals surface area contributed by atoms with Crippen LogP contribution in [0.25, 0.3) is 0 Å². The summed E-state index contributed by atoms with van der Waals surface area (Å²) in [6, 6.07) is 8.61. The standard InChI is InChI=1S/C17H23FN6.HI/c1-19-17(20-8-10-24-9-2-7-21-24)23-13-11-22(12-14-23)16-5-3-15(18)4-6-16;/h2-7,9H,8,10-14H2,1H3,(H,19,20);1H. The van der Waals surface area contributed by atoms with Gasteiger partial charge in [0.2, 0.25) is 0 Å². The van der Waals surface area contributed by atoms with E-state index in [0.29, 0.717) is 0 Å². The van der Waals surface area contributed by atoms with Gasteiger partial charge in [-0.3, -0.25) is 9.67 Å². The maximum atomic E-state index is 13.0. The van der Waals surface area contributed by atoms with E-state index < -0.39 is 0 Å². The number of nitrogens with zero attached hydrogens (tertiary/aromatic N) is 5. The van der Waals surface area contributed by atoms with Gasteiger partial charge in [0.15, 0.2) is 5.96 Å². The SMILES string of the molecule is CN=C(NCCn1cccn1)N1CCN(c2ccc(F)cc2)CC1.I. The number of aliphatic imine (C=N–C) groups is 1. The molecule has 0 aliphatic carbocycles. The van der Waals surface area contributed by atoms with Crippen LogP contribution in [-0.4, -0.2) is 60.4 Å². The highest BCUT2D eigenvalue weighted by Gasteiger charge is 2.19. The molecule has 2 heterocycles. The van der Waals surface area contributed by atoms with Gasteiger partial charge in [-0.2, -0.15) is 5.10 Å². The van der Waals surface area contributed by atoms with Crippen molar-refractivity contribution in [1.82, 2.24) is 20.0 Å². The Balaban J connectivity index is 0.00000225. The lowest BCUT2D eigenvalue weighted by atomic mass is 10.2. The Morgan fingerprint density at radius 3 is 2.52 bits per heavy atom. The summed E-state index contributed by atoms with van der Waals surface area (Å²) in [7, 11) is 1.81. The van der Waals surface area contributed by atoms with Gasteiger partial charge in [0.25, 0.3) is 0 Å². The third kappa shape index (κ3) is 5.32. The van der Waals surface area contributed by atoms with Crippen LogP contribution >= 0.6 is 24.0 Å². The lowest BCUT2D eigenvalue weighted by Crippen LogP contribution is -2.52. The summed E-state index contributed by atoms with van der Waals surface area (Å²) in [4.78, 5) is 8.90. The number of anilines is 1. The molecule has 0 unspecified atom stereocenters. The van der Waals surface area contributed by atoms with Crippen LogP contribution in [0, 0.1) is 5.82 Å². The fraction of sp³-hybridized carbons (Fsp3) is 0.412. The quantitative estimate of drug-likeness (QED) is 0.433. The predicted molar refractivity (Wildman–Crippen MR) is 109 cm³/mol. The van der Waals surface area contributed by atoms with Gasteiger partial charge in [0, 0.05) is 57.9 Å². The molecule has 1 aromatic heterocycles. The molecule has 0 atom stereocenters. The maximum absolute atomic E-state index is 13.0. The second kappa shape index (κ2) is 9.59. The Morgan fingerprint density at radius 2 is 1.92 bits per heavy atom. The number of nitrogens with one attached hydrogen (secondary N) is 1. The van der Waals surface area contributed by atoms with Crippen LogP contribution in [0.4, 0.5) is 10.1 Å². The van der Waals surface area contributed by atoms with Crippen molar-refractivity contribution < 1.29 is 4.39 Å². The summed E-state index contributed by atoms with van der Waals surface area (Å²) in [5.41, 5.74) is 1.07. The summed E-state index contributed by atoms with van der Waals surface area (Å²) < 4.78 is 14.9. The first-order chi connectivity index (χ1) is 11.8. The van der Waals surface area contributed by atoms with E-state index in [2.05, 4.69) is 25.2 Å². The Morgan fingerprint density at radius 1 is 1.20 bits per heavy atom. The van der Waals surface area contributed by atoms with Crippen molar-refractivity contribution in [2.45, 2.75) is 6.54 Å². The van der Waals surface area contributed by atoms with Gasteiger partial charge in [-0.25, -0.2) is 4.39 Å². The molecule has 25 heavy (non-hydrogen) atoms. The van der Waals surface area contributed by atoms with Gasteiger partial charge in [0.05, 0.1) is 6.54 Å². The molecule has 0 radical (unpaired) electrons. The van der Waals surface area contributed by atoms with Crippen molar-refractivity contribution in [1.29, 1.82) is 0 Å². The number of rotatable bonds is 4. The van der Waals surface area contributed by atoms with Crippen molar-refractivity contribution in [3.63, 3.8) is 0 Å². The lowest BCUT2D eigenvalue weighted by Gasteiger charge is -2.37. The van der Waals surface area contributed by atoms with Crippen molar-refractivity contribution in [3.8, 4) is 0 Å². The number of benzene rings is 1. The molecule has 136 valence electrons. The third-order valence-electron chi connectivity index (χ3n) is 4.17. The van der Waals surface area contributed by atoms with E-state index in [1.165, 1.54) is 12.1 Å². The average molecular weight is 458 g/mol. The molecular formula is C17H24FIN6. The number of halogens is 2. The van der Waals surface area contributed by atoms with Crippen molar-refractivity contribution in [2.75, 3.05) is 44.7 Å². The Labute approximate surface area is 164 Å². The fourth-order valence-electron chi connectivity index (χ4n) is 2.88. The summed E-state index contributed by atoms with van der Waals surface area (Å²) in [5.74, 6) is 0.722. The molecule has 1 N–H and O–H groups in total. The van der Waals surface area contributed by atoms with Crippen LogP contribution < -0.4 is 10.2 Å². The van der Waals surface area contributed by atoms with Crippen molar-refractivity contribution >= 4 is 35.6 Å². The maximum Gasteiger partial charge on any atom is 0.193 e. The van der Waals surface area contributed by atoms with Crippen molar-refractivity contribution in [3.05, 3.63) is 48.5 Å². The summed E-state index contributed by atoms with van der Waals surface area (Å²) in [6.07, 6.45) is 3.73. The Hall–Kier alpha value is -1.84. The number of aromatic nitrogens is 2. The topological polar surface area (TPSA) is 48.7 Å². The van der Waals surface area contributed by atoms with E-state index >= 15 is 0 Å². The van der Waals surface area contributed by atoms with E-state index in [0.717, 1.165) is 50.9 Å². The van der Waals surface area contributed by atoms with Crippen LogP contribution in [0.15, 0.2) is 47.7 Å². The normalized spacial score (nSPS) is 15.0. The number of guanidine groups is 1. The van der Waals surface area contributed by atoms with Gasteiger partial charge in [-0.15, -0.1) is 24.0 Å². The largest absolute Gasteiger partial charge is 0.368 e. The van der Waals surface area contributed by atoms with Gasteiger partial charge >= 0.3 is 0 Å². The van der Waals surface area contributed by atoms with Crippen LogP contribution in [0.3, 0.4) is 0 Å². The molecular weight excluding hydrogens is 434 g/mol. The molecule has 0 amide bonds. The molecule has 1 saturated heterocycles.